The van der Waals surface area contributed by atoms with E-state index >= 15 is 0 Å². The molecule has 1 aromatic heterocycles. The van der Waals surface area contributed by atoms with Gasteiger partial charge in [-0.1, -0.05) is 0 Å². The largest absolute Gasteiger partial charge is 0.453 e. The first-order chi connectivity index (χ1) is 14.2. The Kier molecular flexibility index (Phi) is 7.44. The van der Waals surface area contributed by atoms with Gasteiger partial charge in [-0.3, -0.25) is 4.79 Å². The molecule has 1 N–H and O–H groups in total. The highest BCUT2D eigenvalue weighted by Crippen LogP contribution is 2.42. The van der Waals surface area contributed by atoms with Crippen LogP contribution in [0.15, 0.2) is 15.9 Å². The van der Waals surface area contributed by atoms with Crippen molar-refractivity contribution in [1.82, 2.24) is 10.2 Å². The molecule has 0 aliphatic carbocycles. The number of thiophene rings is 1. The quantitative estimate of drug-likeness (QED) is 0.643. The molecule has 3 rings (SSSR count). The number of ether oxygens (including phenoxy) is 3. The number of hydrogen-bond donors (Lipinski definition) is 1. The van der Waals surface area contributed by atoms with Crippen molar-refractivity contribution < 1.29 is 32.2 Å². The summed E-state index contributed by atoms with van der Waals surface area (Å²) in [5.74, 6) is -0.498. The lowest BCUT2D eigenvalue weighted by molar-refractivity contribution is -0.173. The Balaban J connectivity index is 2.08. The second-order valence-corrected chi connectivity index (χ2v) is 12.0. The molecule has 2 aliphatic heterocycles. The first-order valence-electron chi connectivity index (χ1n) is 9.57. The zero-order valence-electron chi connectivity index (χ0n) is 16.8. The number of hydrogen-bond acceptors (Lipinski definition) is 8. The van der Waals surface area contributed by atoms with E-state index < -0.39 is 38.4 Å². The fourth-order valence-electron chi connectivity index (χ4n) is 3.70. The Morgan fingerprint density at radius 2 is 2.13 bits per heavy atom. The van der Waals surface area contributed by atoms with Gasteiger partial charge in [0.2, 0.25) is 15.7 Å². The molecule has 3 heterocycles. The summed E-state index contributed by atoms with van der Waals surface area (Å²) in [6.07, 6.45) is 0.900. The third-order valence-electron chi connectivity index (χ3n) is 5.16. The van der Waals surface area contributed by atoms with Gasteiger partial charge in [-0.2, -0.15) is 0 Å². The van der Waals surface area contributed by atoms with Gasteiger partial charge in [0.1, 0.15) is 0 Å². The fraction of sp³-hybridized carbons (Fsp3) is 0.667. The van der Waals surface area contributed by atoms with Gasteiger partial charge in [0.25, 0.3) is 0 Å². The molecule has 30 heavy (non-hydrogen) atoms. The van der Waals surface area contributed by atoms with Crippen molar-refractivity contribution in [2.75, 3.05) is 26.8 Å². The van der Waals surface area contributed by atoms with E-state index in [0.717, 1.165) is 16.6 Å². The third-order valence-corrected chi connectivity index (χ3v) is 9.52. The topological polar surface area (TPSA) is 111 Å². The predicted octanol–water partition coefficient (Wildman–Crippen LogP) is 2.56. The van der Waals surface area contributed by atoms with Gasteiger partial charge >= 0.3 is 6.09 Å². The molecule has 9 nitrogen and oxygen atoms in total. The van der Waals surface area contributed by atoms with Gasteiger partial charge in [-0.25, -0.2) is 13.2 Å². The van der Waals surface area contributed by atoms with Crippen molar-refractivity contribution in [2.24, 2.45) is 0 Å². The second kappa shape index (κ2) is 9.51. The van der Waals surface area contributed by atoms with Crippen LogP contribution in [0.3, 0.4) is 0 Å². The van der Waals surface area contributed by atoms with E-state index in [0.29, 0.717) is 17.9 Å². The van der Waals surface area contributed by atoms with Crippen molar-refractivity contribution in [3.8, 4) is 0 Å². The minimum absolute atomic E-state index is 0.0393. The van der Waals surface area contributed by atoms with Gasteiger partial charge in [-0.05, 0) is 47.3 Å². The Bertz CT molecular complexity index is 885. The number of amides is 2. The first kappa shape index (κ1) is 23.5. The van der Waals surface area contributed by atoms with Crippen LogP contribution in [-0.2, 0) is 33.7 Å². The van der Waals surface area contributed by atoms with E-state index in [9.17, 15) is 18.0 Å². The number of nitrogens with one attached hydrogen (secondary N) is 1. The lowest BCUT2D eigenvalue weighted by atomic mass is 10.1. The van der Waals surface area contributed by atoms with Crippen LogP contribution in [0.5, 0.6) is 0 Å². The summed E-state index contributed by atoms with van der Waals surface area (Å²) in [4.78, 5) is 24.4. The maximum absolute atomic E-state index is 13.9. The van der Waals surface area contributed by atoms with Gasteiger partial charge in [0, 0.05) is 31.4 Å². The summed E-state index contributed by atoms with van der Waals surface area (Å²) in [7, 11) is -2.93. The molecule has 168 valence electrons. The molecular weight excluding hydrogens is 500 g/mol. The summed E-state index contributed by atoms with van der Waals surface area (Å²) >= 11 is 4.57. The molecule has 2 aliphatic rings. The zero-order valence-corrected chi connectivity index (χ0v) is 20.0. The normalized spacial score (nSPS) is 29.1. The summed E-state index contributed by atoms with van der Waals surface area (Å²) in [5, 5.41) is 2.66. The van der Waals surface area contributed by atoms with Crippen molar-refractivity contribution >= 4 is 49.1 Å². The molecule has 3 unspecified atom stereocenters. The van der Waals surface area contributed by atoms with E-state index in [-0.39, 0.29) is 19.5 Å². The van der Waals surface area contributed by atoms with Gasteiger partial charge in [-0.15, -0.1) is 11.3 Å². The Morgan fingerprint density at radius 1 is 1.37 bits per heavy atom. The van der Waals surface area contributed by atoms with Gasteiger partial charge in [0.05, 0.1) is 17.4 Å². The van der Waals surface area contributed by atoms with Crippen LogP contribution < -0.4 is 5.32 Å². The maximum Gasteiger partial charge on any atom is 0.409 e. The third kappa shape index (κ3) is 4.67. The summed E-state index contributed by atoms with van der Waals surface area (Å²) in [5.41, 5.74) is -1.39. The molecule has 3 atom stereocenters. The molecule has 1 aromatic rings. The number of methoxy groups -OCH3 is 1. The predicted molar refractivity (Wildman–Crippen MR) is 113 cm³/mol. The zero-order chi connectivity index (χ0) is 21.9. The number of nitrogens with zero attached hydrogens (tertiary/aromatic N) is 1. The molecule has 0 saturated carbocycles. The Morgan fingerprint density at radius 3 is 2.70 bits per heavy atom. The lowest BCUT2D eigenvalue weighted by Crippen LogP contribution is -2.55. The average Bonchev–Trinajstić information content (AvgIpc) is 3.11. The van der Waals surface area contributed by atoms with Gasteiger partial charge < -0.3 is 24.4 Å². The average molecular weight is 525 g/mol. The fourth-order valence-corrected chi connectivity index (χ4v) is 7.74. The molecular formula is C18H25BrN2O7S2. The number of carbonyl (C=O) groups is 2. The minimum atomic E-state index is -4.17. The monoisotopic (exact) mass is 524 g/mol. The molecule has 0 spiro atoms. The lowest BCUT2D eigenvalue weighted by Gasteiger charge is -2.35. The summed E-state index contributed by atoms with van der Waals surface area (Å²) in [6.45, 7) is 1.59. The van der Waals surface area contributed by atoms with E-state index in [1.165, 1.54) is 30.3 Å². The molecule has 0 aromatic carbocycles. The van der Waals surface area contributed by atoms with Crippen LogP contribution in [-0.4, -0.2) is 63.9 Å². The number of halogens is 1. The first-order valence-corrected chi connectivity index (χ1v) is 12.7. The SMILES string of the molecule is COC(=O)N1CCC(NC(C)=O)(c2ccc(Br)s2)S(=O)(=O)C(OC2CCCCO2)C1. The summed E-state index contributed by atoms with van der Waals surface area (Å²) in [6, 6.07) is 3.38. The Hall–Kier alpha value is -1.21. The van der Waals surface area contributed by atoms with E-state index in [2.05, 4.69) is 21.2 Å². The van der Waals surface area contributed by atoms with Crippen LogP contribution in [0.1, 0.15) is 37.5 Å². The maximum atomic E-state index is 13.9. The van der Waals surface area contributed by atoms with Crippen LogP contribution in [0.2, 0.25) is 0 Å². The highest BCUT2D eigenvalue weighted by atomic mass is 79.9. The molecule has 12 heteroatoms. The second-order valence-electron chi connectivity index (χ2n) is 7.18. The highest BCUT2D eigenvalue weighted by Gasteiger charge is 2.55. The van der Waals surface area contributed by atoms with Crippen LogP contribution in [0, 0.1) is 0 Å². The Labute approximate surface area is 188 Å². The smallest absolute Gasteiger partial charge is 0.409 e. The van der Waals surface area contributed by atoms with Crippen molar-refractivity contribution in [2.45, 2.75) is 49.2 Å². The van der Waals surface area contributed by atoms with E-state index in [4.69, 9.17) is 14.2 Å². The summed E-state index contributed by atoms with van der Waals surface area (Å²) < 4.78 is 44.9. The van der Waals surface area contributed by atoms with Crippen LogP contribution in [0.25, 0.3) is 0 Å². The highest BCUT2D eigenvalue weighted by molar-refractivity contribution is 9.11. The molecule has 2 amide bonds. The van der Waals surface area contributed by atoms with Crippen LogP contribution in [0.4, 0.5) is 4.79 Å². The molecule has 0 bridgehead atoms. The molecule has 2 fully saturated rings. The van der Waals surface area contributed by atoms with Crippen molar-refractivity contribution in [1.29, 1.82) is 0 Å². The van der Waals surface area contributed by atoms with Crippen LogP contribution >= 0.6 is 27.3 Å². The van der Waals surface area contributed by atoms with E-state index in [1.54, 1.807) is 12.1 Å². The van der Waals surface area contributed by atoms with Crippen molar-refractivity contribution in [3.63, 3.8) is 0 Å². The van der Waals surface area contributed by atoms with E-state index in [1.807, 2.05) is 0 Å². The standard InChI is InChI=1S/C18H25BrN2O7S2/c1-12(22)20-18(13-6-7-14(19)29-13)8-9-21(17(23)26-2)11-16(30(18,24)25)28-15-5-3-4-10-27-15/h6-7,15-16H,3-5,8-11H2,1-2H3,(H,20,22). The van der Waals surface area contributed by atoms with Gasteiger partial charge in [0.15, 0.2) is 16.6 Å². The number of rotatable bonds is 4. The number of sulfone groups is 1. The molecule has 2 saturated heterocycles. The number of carbonyl (C=O) groups excluding carboxylic acids is 2. The van der Waals surface area contributed by atoms with Crippen molar-refractivity contribution in [3.05, 3.63) is 20.8 Å². The minimum Gasteiger partial charge on any atom is -0.453 e. The molecule has 0 radical (unpaired) electrons.